The third kappa shape index (κ3) is 6.65. The topological polar surface area (TPSA) is 54.4 Å². The average Bonchev–Trinajstić information content (AvgIpc) is 2.45. The maximum Gasteiger partial charge on any atom is 0.460 e. The van der Waals surface area contributed by atoms with E-state index in [1.54, 1.807) is 0 Å². The summed E-state index contributed by atoms with van der Waals surface area (Å²) >= 11 is 0. The zero-order chi connectivity index (χ0) is 23.2. The number of nitrogens with zero attached hydrogens (tertiary/aromatic N) is 1. The molecule has 172 valence electrons. The van der Waals surface area contributed by atoms with E-state index in [2.05, 4.69) is 27.8 Å². The first-order valence-corrected chi connectivity index (χ1v) is 9.63. The summed E-state index contributed by atoms with van der Waals surface area (Å²) in [6.45, 7) is 10.9. The largest absolute Gasteiger partial charge is 0.460 e. The van der Waals surface area contributed by atoms with Crippen molar-refractivity contribution in [1.82, 2.24) is 0 Å². The van der Waals surface area contributed by atoms with Crippen molar-refractivity contribution in [2.45, 2.75) is 63.3 Å². The highest BCUT2D eigenvalue weighted by Gasteiger charge is 2.85. The number of quaternary nitrogens is 1. The van der Waals surface area contributed by atoms with E-state index in [0.29, 0.717) is 0 Å². The molecule has 0 atom stereocenters. The number of hydrogen-bond acceptors (Lipinski definition) is 2. The first kappa shape index (κ1) is 29.4. The van der Waals surface area contributed by atoms with Crippen LogP contribution in [0.1, 0.15) is 40.0 Å². The van der Waals surface area contributed by atoms with E-state index in [1.807, 2.05) is 0 Å². The van der Waals surface area contributed by atoms with Gasteiger partial charge in [0.05, 0.1) is 26.7 Å². The van der Waals surface area contributed by atoms with E-state index in [1.165, 1.54) is 43.4 Å². The second-order valence-electron chi connectivity index (χ2n) is 6.43. The molecular weight excluding hydrogens is 433 g/mol. The van der Waals surface area contributed by atoms with Crippen LogP contribution >= 0.6 is 0 Å². The summed E-state index contributed by atoms with van der Waals surface area (Å²) in [5.74, 6) is -14.7. The van der Waals surface area contributed by atoms with Crippen LogP contribution in [-0.4, -0.2) is 67.4 Å². The summed E-state index contributed by atoms with van der Waals surface area (Å²) in [5.41, 5.74) is 0. The van der Waals surface area contributed by atoms with Crippen LogP contribution in [0.4, 0.5) is 39.5 Å². The van der Waals surface area contributed by atoms with Crippen LogP contribution in [0.3, 0.4) is 0 Å². The van der Waals surface area contributed by atoms with Gasteiger partial charge in [0, 0.05) is 0 Å². The zero-order valence-corrected chi connectivity index (χ0v) is 16.6. The van der Waals surface area contributed by atoms with Crippen molar-refractivity contribution in [3.8, 4) is 0 Å². The van der Waals surface area contributed by atoms with Crippen molar-refractivity contribution in [3.05, 3.63) is 0 Å². The molecule has 14 heteroatoms. The highest BCUT2D eigenvalue weighted by atomic mass is 32.2. The van der Waals surface area contributed by atoms with Crippen molar-refractivity contribution in [2.75, 3.05) is 26.7 Å². The standard InChI is InChI=1S/C10H24N.C4HF9O3S/c1-5-8-11(4,9-6-2)10-7-3;5-1(6,3(9,10)11)2(7,8)4(12,13)17(14,15)16/h5-10H2,1-4H3;(H,14,15,16)/q+1;. The van der Waals surface area contributed by atoms with E-state index < -0.39 is 33.4 Å². The molecule has 0 aromatic heterocycles. The summed E-state index contributed by atoms with van der Waals surface area (Å²) in [6, 6.07) is 0. The Morgan fingerprint density at radius 3 is 1.18 bits per heavy atom. The van der Waals surface area contributed by atoms with Crippen LogP contribution in [0.25, 0.3) is 0 Å². The third-order valence-corrected chi connectivity index (χ3v) is 4.63. The molecule has 0 aromatic rings. The molecule has 0 saturated carbocycles. The third-order valence-electron chi connectivity index (χ3n) is 3.73. The van der Waals surface area contributed by atoms with Gasteiger partial charge in [-0.2, -0.15) is 47.9 Å². The molecule has 0 heterocycles. The lowest BCUT2D eigenvalue weighted by atomic mass is 10.1. The SMILES string of the molecule is CCC[N+](C)(CCC)CCC.O=S(=O)(O)C(F)(F)C(F)(F)C(F)(F)C(F)(F)F. The van der Waals surface area contributed by atoms with Crippen LogP contribution in [-0.2, 0) is 10.1 Å². The van der Waals surface area contributed by atoms with Gasteiger partial charge in [-0.15, -0.1) is 0 Å². The molecule has 0 amide bonds. The van der Waals surface area contributed by atoms with Gasteiger partial charge >= 0.3 is 33.4 Å². The Labute approximate surface area is 158 Å². The number of hydrogen-bond donors (Lipinski definition) is 1. The monoisotopic (exact) mass is 458 g/mol. The van der Waals surface area contributed by atoms with Crippen LogP contribution < -0.4 is 0 Å². The molecule has 0 spiro atoms. The first-order chi connectivity index (χ1) is 12.2. The molecule has 0 radical (unpaired) electrons. The maximum absolute atomic E-state index is 12.2. The van der Waals surface area contributed by atoms with E-state index >= 15 is 0 Å². The van der Waals surface area contributed by atoms with E-state index in [4.69, 9.17) is 4.55 Å². The average molecular weight is 458 g/mol. The summed E-state index contributed by atoms with van der Waals surface area (Å²) in [7, 11) is -4.78. The Kier molecular flexibility index (Phi) is 10.3. The summed E-state index contributed by atoms with van der Waals surface area (Å²) in [4.78, 5) is 0. The van der Waals surface area contributed by atoms with Gasteiger partial charge in [0.1, 0.15) is 0 Å². The van der Waals surface area contributed by atoms with Gasteiger partial charge in [0.2, 0.25) is 0 Å². The van der Waals surface area contributed by atoms with Crippen molar-refractivity contribution < 1.29 is 57.0 Å². The minimum atomic E-state index is -7.37. The smallest absolute Gasteiger partial charge is 0.326 e. The normalized spacial score (nSPS) is 14.5. The van der Waals surface area contributed by atoms with E-state index in [-0.39, 0.29) is 0 Å². The lowest BCUT2D eigenvalue weighted by Gasteiger charge is -2.33. The fraction of sp³-hybridized carbons (Fsp3) is 1.00. The van der Waals surface area contributed by atoms with Crippen LogP contribution in [0, 0.1) is 0 Å². The lowest BCUT2D eigenvalue weighted by molar-refractivity contribution is -0.909. The molecule has 0 aliphatic rings. The molecule has 1 N–H and O–H groups in total. The van der Waals surface area contributed by atoms with Crippen molar-refractivity contribution in [1.29, 1.82) is 0 Å². The number of halogens is 9. The molecule has 0 aliphatic heterocycles. The predicted octanol–water partition coefficient (Wildman–Crippen LogP) is 4.96. The first-order valence-electron chi connectivity index (χ1n) is 8.19. The molecule has 0 fully saturated rings. The Balaban J connectivity index is 0. The fourth-order valence-electron chi connectivity index (χ4n) is 2.48. The highest BCUT2D eigenvalue weighted by molar-refractivity contribution is 7.87. The molecule has 0 bridgehead atoms. The molecular formula is C14H25F9NO3S+. The molecule has 4 nitrogen and oxygen atoms in total. The van der Waals surface area contributed by atoms with Gasteiger partial charge in [-0.1, -0.05) is 20.8 Å². The van der Waals surface area contributed by atoms with Gasteiger partial charge in [-0.25, -0.2) is 0 Å². The number of rotatable bonds is 9. The summed E-state index contributed by atoms with van der Waals surface area (Å²) in [6.07, 6.45) is -3.19. The molecule has 28 heavy (non-hydrogen) atoms. The Morgan fingerprint density at radius 2 is 1.00 bits per heavy atom. The highest BCUT2D eigenvalue weighted by Crippen LogP contribution is 2.54. The Bertz CT molecular complexity index is 560. The molecule has 0 aromatic carbocycles. The van der Waals surface area contributed by atoms with Crippen LogP contribution in [0.2, 0.25) is 0 Å². The van der Waals surface area contributed by atoms with E-state index in [0.717, 1.165) is 0 Å². The summed E-state index contributed by atoms with van der Waals surface area (Å²) < 4.78 is 135. The van der Waals surface area contributed by atoms with Gasteiger partial charge in [0.15, 0.2) is 0 Å². The Morgan fingerprint density at radius 1 is 0.714 bits per heavy atom. The predicted molar refractivity (Wildman–Crippen MR) is 84.1 cm³/mol. The second-order valence-corrected chi connectivity index (χ2v) is 7.89. The van der Waals surface area contributed by atoms with Crippen molar-refractivity contribution >= 4 is 10.1 Å². The van der Waals surface area contributed by atoms with Gasteiger partial charge in [-0.05, 0) is 19.3 Å². The zero-order valence-electron chi connectivity index (χ0n) is 15.8. The van der Waals surface area contributed by atoms with Crippen molar-refractivity contribution in [2.24, 2.45) is 0 Å². The Hall–Kier alpha value is -0.760. The van der Waals surface area contributed by atoms with Gasteiger partial charge in [0.25, 0.3) is 0 Å². The minimum Gasteiger partial charge on any atom is -0.326 e. The molecule has 0 unspecified atom stereocenters. The van der Waals surface area contributed by atoms with E-state index in [9.17, 15) is 47.9 Å². The molecule has 0 aliphatic carbocycles. The van der Waals surface area contributed by atoms with Gasteiger partial charge < -0.3 is 4.48 Å². The van der Waals surface area contributed by atoms with Crippen LogP contribution in [0.15, 0.2) is 0 Å². The maximum atomic E-state index is 12.2. The second kappa shape index (κ2) is 9.83. The number of alkyl halides is 9. The van der Waals surface area contributed by atoms with Crippen molar-refractivity contribution in [3.63, 3.8) is 0 Å². The fourth-order valence-corrected chi connectivity index (χ4v) is 2.93. The van der Waals surface area contributed by atoms with Crippen LogP contribution in [0.5, 0.6) is 0 Å². The quantitative estimate of drug-likeness (QED) is 0.302. The molecule has 0 saturated heterocycles. The van der Waals surface area contributed by atoms with Gasteiger partial charge in [-0.3, -0.25) is 4.55 Å². The lowest BCUT2D eigenvalue weighted by Crippen LogP contribution is -2.63. The summed E-state index contributed by atoms with van der Waals surface area (Å²) in [5, 5.41) is -7.00. The molecule has 0 rings (SSSR count). The minimum absolute atomic E-state index is 1.28.